The van der Waals surface area contributed by atoms with Crippen molar-refractivity contribution in [3.63, 3.8) is 0 Å². The average molecular weight is 256 g/mol. The standard InChI is InChI=1S/C16H20N2O/c1-19-16-5-3-13-8-15(4-2-14(13)9-16)18-11-12-6-7-17-10-12/h2-5,8-9,12,17-18H,6-7,10-11H2,1H3. The van der Waals surface area contributed by atoms with Crippen LogP contribution >= 0.6 is 0 Å². The van der Waals surface area contributed by atoms with Gasteiger partial charge in [0, 0.05) is 12.2 Å². The van der Waals surface area contributed by atoms with Gasteiger partial charge in [0.15, 0.2) is 0 Å². The van der Waals surface area contributed by atoms with Crippen molar-refractivity contribution >= 4 is 16.5 Å². The van der Waals surface area contributed by atoms with Crippen LogP contribution in [0.4, 0.5) is 5.69 Å². The van der Waals surface area contributed by atoms with Crippen LogP contribution in [-0.2, 0) is 0 Å². The maximum Gasteiger partial charge on any atom is 0.119 e. The predicted octanol–water partition coefficient (Wildman–Crippen LogP) is 2.87. The highest BCUT2D eigenvalue weighted by Crippen LogP contribution is 2.24. The zero-order valence-electron chi connectivity index (χ0n) is 11.3. The Balaban J connectivity index is 1.73. The zero-order valence-corrected chi connectivity index (χ0v) is 11.3. The van der Waals surface area contributed by atoms with Crippen molar-refractivity contribution in [3.8, 4) is 5.75 Å². The summed E-state index contributed by atoms with van der Waals surface area (Å²) in [6.45, 7) is 3.34. The van der Waals surface area contributed by atoms with E-state index in [1.54, 1.807) is 7.11 Å². The summed E-state index contributed by atoms with van der Waals surface area (Å²) in [5.41, 5.74) is 1.20. The number of anilines is 1. The first-order valence-corrected chi connectivity index (χ1v) is 6.87. The highest BCUT2D eigenvalue weighted by atomic mass is 16.5. The number of ether oxygens (including phenoxy) is 1. The molecule has 0 aliphatic carbocycles. The largest absolute Gasteiger partial charge is 0.497 e. The van der Waals surface area contributed by atoms with Gasteiger partial charge in [-0.15, -0.1) is 0 Å². The molecule has 1 unspecified atom stereocenters. The fraction of sp³-hybridized carbons (Fsp3) is 0.375. The Morgan fingerprint density at radius 1 is 1.21 bits per heavy atom. The smallest absolute Gasteiger partial charge is 0.119 e. The SMILES string of the molecule is COc1ccc2cc(NCC3CCNC3)ccc2c1. The van der Waals surface area contributed by atoms with E-state index >= 15 is 0 Å². The fourth-order valence-electron chi connectivity index (χ4n) is 2.61. The topological polar surface area (TPSA) is 33.3 Å². The van der Waals surface area contributed by atoms with Gasteiger partial charge < -0.3 is 15.4 Å². The second kappa shape index (κ2) is 5.49. The van der Waals surface area contributed by atoms with Crippen LogP contribution in [0.3, 0.4) is 0 Å². The molecule has 3 heteroatoms. The number of hydrogen-bond acceptors (Lipinski definition) is 3. The first kappa shape index (κ1) is 12.3. The van der Waals surface area contributed by atoms with E-state index in [9.17, 15) is 0 Å². The van der Waals surface area contributed by atoms with Crippen molar-refractivity contribution in [2.45, 2.75) is 6.42 Å². The second-order valence-electron chi connectivity index (χ2n) is 5.17. The van der Waals surface area contributed by atoms with Gasteiger partial charge in [-0.25, -0.2) is 0 Å². The molecule has 3 rings (SSSR count). The summed E-state index contributed by atoms with van der Waals surface area (Å²) >= 11 is 0. The van der Waals surface area contributed by atoms with Crippen LogP contribution in [0.5, 0.6) is 5.75 Å². The minimum atomic E-state index is 0.756. The molecule has 0 radical (unpaired) electrons. The Labute approximate surface area is 114 Å². The lowest BCUT2D eigenvalue weighted by Crippen LogP contribution is -2.17. The maximum absolute atomic E-state index is 5.24. The van der Waals surface area contributed by atoms with Gasteiger partial charge in [0.1, 0.15) is 5.75 Å². The molecular formula is C16H20N2O. The molecule has 1 aliphatic rings. The molecule has 1 aliphatic heterocycles. The van der Waals surface area contributed by atoms with Crippen molar-refractivity contribution in [1.82, 2.24) is 5.32 Å². The summed E-state index contributed by atoms with van der Waals surface area (Å²) in [6.07, 6.45) is 1.28. The lowest BCUT2D eigenvalue weighted by atomic mass is 10.1. The van der Waals surface area contributed by atoms with Gasteiger partial charge in [-0.3, -0.25) is 0 Å². The van der Waals surface area contributed by atoms with E-state index in [4.69, 9.17) is 4.74 Å². The van der Waals surface area contributed by atoms with Crippen molar-refractivity contribution < 1.29 is 4.74 Å². The molecular weight excluding hydrogens is 236 g/mol. The molecule has 1 atom stereocenters. The van der Waals surface area contributed by atoms with E-state index < -0.39 is 0 Å². The number of benzene rings is 2. The molecule has 1 heterocycles. The number of hydrogen-bond donors (Lipinski definition) is 2. The van der Waals surface area contributed by atoms with E-state index in [1.807, 2.05) is 6.07 Å². The van der Waals surface area contributed by atoms with Crippen molar-refractivity contribution in [2.24, 2.45) is 5.92 Å². The highest BCUT2D eigenvalue weighted by Gasteiger charge is 2.13. The minimum Gasteiger partial charge on any atom is -0.497 e. The van der Waals surface area contributed by atoms with Gasteiger partial charge in [0.25, 0.3) is 0 Å². The van der Waals surface area contributed by atoms with Gasteiger partial charge >= 0.3 is 0 Å². The maximum atomic E-state index is 5.24. The van der Waals surface area contributed by atoms with Gasteiger partial charge in [-0.2, -0.15) is 0 Å². The molecule has 0 saturated carbocycles. The molecule has 0 spiro atoms. The predicted molar refractivity (Wildman–Crippen MR) is 80.0 cm³/mol. The van der Waals surface area contributed by atoms with E-state index in [2.05, 4.69) is 41.0 Å². The molecule has 2 aromatic carbocycles. The zero-order chi connectivity index (χ0) is 13.1. The lowest BCUT2D eigenvalue weighted by Gasteiger charge is -2.12. The molecule has 1 fully saturated rings. The van der Waals surface area contributed by atoms with Crippen LogP contribution in [0.15, 0.2) is 36.4 Å². The monoisotopic (exact) mass is 256 g/mol. The average Bonchev–Trinajstić information content (AvgIpc) is 2.97. The van der Waals surface area contributed by atoms with Crippen molar-refractivity contribution in [3.05, 3.63) is 36.4 Å². The number of rotatable bonds is 4. The van der Waals surface area contributed by atoms with Gasteiger partial charge in [0.05, 0.1) is 7.11 Å². The summed E-state index contributed by atoms with van der Waals surface area (Å²) < 4.78 is 5.24. The van der Waals surface area contributed by atoms with Crippen LogP contribution in [0.25, 0.3) is 10.8 Å². The third-order valence-electron chi connectivity index (χ3n) is 3.80. The van der Waals surface area contributed by atoms with Gasteiger partial charge in [-0.05, 0) is 60.5 Å². The quantitative estimate of drug-likeness (QED) is 0.882. The molecule has 0 aromatic heterocycles. The summed E-state index contributed by atoms with van der Waals surface area (Å²) in [6, 6.07) is 12.7. The second-order valence-corrected chi connectivity index (χ2v) is 5.17. The Bertz CT molecular complexity index is 562. The minimum absolute atomic E-state index is 0.756. The highest BCUT2D eigenvalue weighted by molar-refractivity contribution is 5.86. The van der Waals surface area contributed by atoms with Crippen LogP contribution < -0.4 is 15.4 Å². The Morgan fingerprint density at radius 2 is 2.05 bits per heavy atom. The molecule has 0 bridgehead atoms. The molecule has 1 saturated heterocycles. The summed E-state index contributed by atoms with van der Waals surface area (Å²) in [5, 5.41) is 9.39. The van der Waals surface area contributed by atoms with E-state index in [0.717, 1.165) is 31.3 Å². The summed E-state index contributed by atoms with van der Waals surface area (Å²) in [7, 11) is 1.70. The van der Waals surface area contributed by atoms with Gasteiger partial charge in [-0.1, -0.05) is 12.1 Å². The van der Waals surface area contributed by atoms with Crippen LogP contribution in [0, 0.1) is 5.92 Å². The Morgan fingerprint density at radius 3 is 2.84 bits per heavy atom. The number of nitrogens with one attached hydrogen (secondary N) is 2. The molecule has 3 nitrogen and oxygen atoms in total. The fourth-order valence-corrected chi connectivity index (χ4v) is 2.61. The van der Waals surface area contributed by atoms with E-state index in [0.29, 0.717) is 0 Å². The van der Waals surface area contributed by atoms with Gasteiger partial charge in [0.2, 0.25) is 0 Å². The van der Waals surface area contributed by atoms with Crippen LogP contribution in [0.1, 0.15) is 6.42 Å². The third kappa shape index (κ3) is 2.82. The molecule has 100 valence electrons. The number of methoxy groups -OCH3 is 1. The van der Waals surface area contributed by atoms with Crippen LogP contribution in [-0.4, -0.2) is 26.7 Å². The first-order chi connectivity index (χ1) is 9.35. The van der Waals surface area contributed by atoms with E-state index in [1.165, 1.54) is 22.9 Å². The molecule has 2 N–H and O–H groups in total. The number of fused-ring (bicyclic) bond motifs is 1. The first-order valence-electron chi connectivity index (χ1n) is 6.87. The third-order valence-corrected chi connectivity index (χ3v) is 3.80. The van der Waals surface area contributed by atoms with Crippen molar-refractivity contribution in [2.75, 3.05) is 32.1 Å². The Hall–Kier alpha value is -1.74. The summed E-state index contributed by atoms with van der Waals surface area (Å²) in [4.78, 5) is 0. The summed E-state index contributed by atoms with van der Waals surface area (Å²) in [5.74, 6) is 1.66. The van der Waals surface area contributed by atoms with Crippen molar-refractivity contribution in [1.29, 1.82) is 0 Å². The molecule has 0 amide bonds. The lowest BCUT2D eigenvalue weighted by molar-refractivity contribution is 0.415. The van der Waals surface area contributed by atoms with E-state index in [-0.39, 0.29) is 0 Å². The molecule has 2 aromatic rings. The van der Waals surface area contributed by atoms with Crippen LogP contribution in [0.2, 0.25) is 0 Å². The Kier molecular flexibility index (Phi) is 3.56. The molecule has 19 heavy (non-hydrogen) atoms. The normalized spacial score (nSPS) is 18.7.